The number of carbonyl (C=O) groups is 1. The molecule has 5 nitrogen and oxygen atoms in total. The molecule has 0 N–H and O–H groups in total. The molecule has 4 rings (SSSR count). The molecule has 0 fully saturated rings. The molecule has 3 aromatic rings. The van der Waals surface area contributed by atoms with Gasteiger partial charge in [-0.25, -0.2) is 9.79 Å². The van der Waals surface area contributed by atoms with Gasteiger partial charge in [-0.05, 0) is 95.2 Å². The molecule has 0 bridgehead atoms. The Balaban J connectivity index is 1.55. The van der Waals surface area contributed by atoms with Crippen LogP contribution in [0.4, 0.5) is 0 Å². The van der Waals surface area contributed by atoms with E-state index in [1.54, 1.807) is 6.08 Å². The van der Waals surface area contributed by atoms with Gasteiger partial charge >= 0.3 is 5.97 Å². The summed E-state index contributed by atoms with van der Waals surface area (Å²) in [7, 11) is 0. The molecule has 0 amide bonds. The van der Waals surface area contributed by atoms with E-state index >= 15 is 0 Å². The van der Waals surface area contributed by atoms with E-state index in [4.69, 9.17) is 14.2 Å². The molecule has 3 aromatic carbocycles. The summed E-state index contributed by atoms with van der Waals surface area (Å²) in [6.45, 7) is 2.82. The van der Waals surface area contributed by atoms with E-state index in [0.717, 1.165) is 24.7 Å². The Hall–Kier alpha value is -2.65. The molecule has 1 heterocycles. The Labute approximate surface area is 208 Å². The van der Waals surface area contributed by atoms with Gasteiger partial charge in [0.05, 0.1) is 6.61 Å². The normalized spacial score (nSPS) is 14.3. The van der Waals surface area contributed by atoms with Crippen molar-refractivity contribution in [3.8, 4) is 11.5 Å². The van der Waals surface area contributed by atoms with Crippen molar-refractivity contribution in [2.24, 2.45) is 4.99 Å². The Morgan fingerprint density at radius 3 is 2.59 bits per heavy atom. The number of benzene rings is 3. The van der Waals surface area contributed by atoms with Gasteiger partial charge in [-0.1, -0.05) is 34.1 Å². The molecule has 0 unspecified atom stereocenters. The summed E-state index contributed by atoms with van der Waals surface area (Å²) in [4.78, 5) is 16.7. The molecule has 32 heavy (non-hydrogen) atoms. The zero-order chi connectivity index (χ0) is 22.5. The smallest absolute Gasteiger partial charge is 0.363 e. The summed E-state index contributed by atoms with van der Waals surface area (Å²) in [5, 5.41) is 0. The van der Waals surface area contributed by atoms with Gasteiger partial charge in [-0.3, -0.25) is 0 Å². The summed E-state index contributed by atoms with van der Waals surface area (Å²) in [5.74, 6) is 1.05. The van der Waals surface area contributed by atoms with Crippen LogP contribution in [0.3, 0.4) is 0 Å². The number of hydrogen-bond donors (Lipinski definition) is 0. The van der Waals surface area contributed by atoms with E-state index in [0.29, 0.717) is 30.6 Å². The molecule has 1 aliphatic rings. The van der Waals surface area contributed by atoms with Gasteiger partial charge in [0.15, 0.2) is 17.2 Å². The maximum atomic E-state index is 12.3. The van der Waals surface area contributed by atoms with Gasteiger partial charge in [0.1, 0.15) is 6.61 Å². The summed E-state index contributed by atoms with van der Waals surface area (Å²) in [5.41, 5.74) is 2.80. The van der Waals surface area contributed by atoms with E-state index in [1.807, 2.05) is 73.7 Å². The number of nitrogens with zero attached hydrogens (tertiary/aromatic N) is 1. The van der Waals surface area contributed by atoms with Crippen LogP contribution in [0.2, 0.25) is 0 Å². The number of rotatable bonds is 7. The number of halogens is 2. The number of aliphatic imine (C=N–C) groups is 1. The Morgan fingerprint density at radius 2 is 1.84 bits per heavy atom. The average molecular weight is 604 g/mol. The van der Waals surface area contributed by atoms with E-state index in [-0.39, 0.29) is 5.70 Å². The highest BCUT2D eigenvalue weighted by molar-refractivity contribution is 14.1. The van der Waals surface area contributed by atoms with Crippen molar-refractivity contribution < 1.29 is 19.0 Å². The fourth-order valence-electron chi connectivity index (χ4n) is 3.07. The van der Waals surface area contributed by atoms with Crippen LogP contribution in [0.1, 0.15) is 23.6 Å². The molecular formula is C25H19BrINO4. The minimum Gasteiger partial charge on any atom is -0.490 e. The van der Waals surface area contributed by atoms with Crippen molar-refractivity contribution in [2.45, 2.75) is 13.5 Å². The summed E-state index contributed by atoms with van der Waals surface area (Å²) >= 11 is 5.69. The maximum Gasteiger partial charge on any atom is 0.363 e. The van der Waals surface area contributed by atoms with Gasteiger partial charge in [0.2, 0.25) is 5.90 Å². The lowest BCUT2D eigenvalue weighted by Crippen LogP contribution is -2.05. The van der Waals surface area contributed by atoms with Crippen LogP contribution in [0.25, 0.3) is 6.08 Å². The number of carbonyl (C=O) groups excluding carboxylic acids is 1. The quantitative estimate of drug-likeness (QED) is 0.179. The van der Waals surface area contributed by atoms with Crippen LogP contribution in [0.15, 0.2) is 81.9 Å². The predicted octanol–water partition coefficient (Wildman–Crippen LogP) is 6.38. The highest BCUT2D eigenvalue weighted by Gasteiger charge is 2.24. The molecular weight excluding hydrogens is 585 g/mol. The van der Waals surface area contributed by atoms with Crippen LogP contribution in [-0.2, 0) is 16.1 Å². The third-order valence-electron chi connectivity index (χ3n) is 4.57. The zero-order valence-electron chi connectivity index (χ0n) is 17.2. The monoisotopic (exact) mass is 603 g/mol. The SMILES string of the molecule is CCOc1cc(/C=C2\N=C(c3ccc(I)cc3)OC2=O)ccc1OCc1cccc(Br)c1. The lowest BCUT2D eigenvalue weighted by Gasteiger charge is -2.13. The first-order valence-electron chi connectivity index (χ1n) is 9.94. The first-order valence-corrected chi connectivity index (χ1v) is 11.8. The number of esters is 1. The minimum absolute atomic E-state index is 0.240. The van der Waals surface area contributed by atoms with Gasteiger partial charge in [0.25, 0.3) is 0 Å². The summed E-state index contributed by atoms with van der Waals surface area (Å²) in [6.07, 6.45) is 1.68. The van der Waals surface area contributed by atoms with Crippen LogP contribution in [-0.4, -0.2) is 18.5 Å². The molecule has 162 valence electrons. The van der Waals surface area contributed by atoms with Crippen LogP contribution < -0.4 is 9.47 Å². The van der Waals surface area contributed by atoms with Gasteiger partial charge < -0.3 is 14.2 Å². The topological polar surface area (TPSA) is 57.1 Å². The Morgan fingerprint density at radius 1 is 1.03 bits per heavy atom. The molecule has 0 aromatic heterocycles. The fourth-order valence-corrected chi connectivity index (χ4v) is 3.88. The van der Waals surface area contributed by atoms with E-state index in [1.165, 1.54) is 0 Å². The van der Waals surface area contributed by atoms with Gasteiger partial charge in [-0.15, -0.1) is 0 Å². The van der Waals surface area contributed by atoms with Crippen molar-refractivity contribution in [3.63, 3.8) is 0 Å². The molecule has 0 saturated carbocycles. The van der Waals surface area contributed by atoms with Crippen molar-refractivity contribution >= 4 is 56.5 Å². The molecule has 0 saturated heterocycles. The lowest BCUT2D eigenvalue weighted by atomic mass is 10.1. The predicted molar refractivity (Wildman–Crippen MR) is 136 cm³/mol. The van der Waals surface area contributed by atoms with Gasteiger partial charge in [-0.2, -0.15) is 0 Å². The highest BCUT2D eigenvalue weighted by Crippen LogP contribution is 2.31. The van der Waals surface area contributed by atoms with E-state index < -0.39 is 5.97 Å². The molecule has 0 atom stereocenters. The van der Waals surface area contributed by atoms with Crippen molar-refractivity contribution in [1.82, 2.24) is 0 Å². The minimum atomic E-state index is -0.480. The Kier molecular flexibility index (Phi) is 7.26. The molecule has 0 aliphatic carbocycles. The van der Waals surface area contributed by atoms with Gasteiger partial charge in [0, 0.05) is 13.6 Å². The molecule has 0 radical (unpaired) electrons. The summed E-state index contributed by atoms with van der Waals surface area (Å²) < 4.78 is 19.2. The maximum absolute atomic E-state index is 12.3. The molecule has 1 aliphatic heterocycles. The molecule has 7 heteroatoms. The fraction of sp³-hybridized carbons (Fsp3) is 0.120. The summed E-state index contributed by atoms with van der Waals surface area (Å²) in [6, 6.07) is 21.1. The Bertz CT molecular complexity index is 1200. The lowest BCUT2D eigenvalue weighted by molar-refractivity contribution is -0.129. The number of hydrogen-bond acceptors (Lipinski definition) is 5. The third-order valence-corrected chi connectivity index (χ3v) is 5.78. The van der Waals surface area contributed by atoms with E-state index in [2.05, 4.69) is 43.5 Å². The van der Waals surface area contributed by atoms with Crippen LogP contribution >= 0.6 is 38.5 Å². The first kappa shape index (κ1) is 22.5. The van der Waals surface area contributed by atoms with E-state index in [9.17, 15) is 4.79 Å². The van der Waals surface area contributed by atoms with Crippen molar-refractivity contribution in [1.29, 1.82) is 0 Å². The number of cyclic esters (lactones) is 1. The average Bonchev–Trinajstić information content (AvgIpc) is 3.14. The number of ether oxygens (including phenoxy) is 3. The van der Waals surface area contributed by atoms with Crippen LogP contribution in [0.5, 0.6) is 11.5 Å². The second kappa shape index (κ2) is 10.3. The van der Waals surface area contributed by atoms with Crippen LogP contribution in [0, 0.1) is 3.57 Å². The zero-order valence-corrected chi connectivity index (χ0v) is 20.9. The van der Waals surface area contributed by atoms with Crippen molar-refractivity contribution in [3.05, 3.63) is 97.2 Å². The largest absolute Gasteiger partial charge is 0.490 e. The second-order valence-corrected chi connectivity index (χ2v) is 9.06. The van der Waals surface area contributed by atoms with Crippen molar-refractivity contribution in [2.75, 3.05) is 6.61 Å². The molecule has 0 spiro atoms. The second-order valence-electron chi connectivity index (χ2n) is 6.90. The third kappa shape index (κ3) is 5.58. The first-order chi connectivity index (χ1) is 15.5. The highest BCUT2D eigenvalue weighted by atomic mass is 127. The standard InChI is InChI=1S/C25H19BrINO4/c1-2-30-23-14-16(6-11-22(23)31-15-17-4-3-5-19(26)12-17)13-21-25(29)32-24(28-21)18-7-9-20(27)10-8-18/h3-14H,2,15H2,1H3/b21-13-.